The van der Waals surface area contributed by atoms with E-state index >= 15 is 0 Å². The van der Waals surface area contributed by atoms with Crippen LogP contribution in [0.5, 0.6) is 0 Å². The van der Waals surface area contributed by atoms with E-state index in [1.54, 1.807) is 0 Å². The summed E-state index contributed by atoms with van der Waals surface area (Å²) < 4.78 is -0.0278. The van der Waals surface area contributed by atoms with Crippen LogP contribution in [0.4, 0.5) is 0 Å². The summed E-state index contributed by atoms with van der Waals surface area (Å²) in [4.78, 5) is 0. The van der Waals surface area contributed by atoms with E-state index in [1.807, 2.05) is 0 Å². The Morgan fingerprint density at radius 3 is 1.30 bits per heavy atom. The molecule has 0 atom stereocenters. The van der Waals surface area contributed by atoms with Crippen molar-refractivity contribution in [3.63, 3.8) is 0 Å². The molecule has 0 unspecified atom stereocenters. The second kappa shape index (κ2) is 4.89. The van der Waals surface area contributed by atoms with Crippen molar-refractivity contribution in [1.29, 1.82) is 0 Å². The van der Waals surface area contributed by atoms with Crippen molar-refractivity contribution in [1.82, 2.24) is 0 Å². The molecule has 3 heteroatoms. The number of hydrogen-bond acceptors (Lipinski definition) is 0. The maximum atomic E-state index is 5.95. The molecule has 0 aliphatic carbocycles. The summed E-state index contributed by atoms with van der Waals surface area (Å²) in [6.45, 7) is 6.68. The van der Waals surface area contributed by atoms with Gasteiger partial charge in [0.1, 0.15) is 0 Å². The third kappa shape index (κ3) is 2.32. The Morgan fingerprint density at radius 1 is 1.00 bits per heavy atom. The van der Waals surface area contributed by atoms with E-state index in [1.165, 1.54) is 15.8 Å². The van der Waals surface area contributed by atoms with E-state index in [2.05, 4.69) is 20.8 Å². The Bertz CT molecular complexity index is 81.3. The van der Waals surface area contributed by atoms with Gasteiger partial charge in [-0.3, -0.25) is 0 Å². The first-order valence-electron chi connectivity index (χ1n) is 3.91. The molecule has 0 saturated carbocycles. The third-order valence-electron chi connectivity index (χ3n) is 2.58. The molecule has 0 aromatic heterocycles. The standard InChI is InChI=1S/C7H16Cl2Ge/c1-4-10(5-2,6-3)7(8)9/h7H,4-6H2,1-3H3. The number of halogens is 2. The van der Waals surface area contributed by atoms with Crippen LogP contribution in [0.3, 0.4) is 0 Å². The quantitative estimate of drug-likeness (QED) is 0.520. The zero-order chi connectivity index (χ0) is 8.20. The SMILES string of the molecule is C[CH2][Ge]([CH2]C)([CH2]C)[CH](Cl)Cl. The van der Waals surface area contributed by atoms with Crippen LogP contribution in [-0.4, -0.2) is 16.9 Å². The predicted octanol–water partition coefficient (Wildman–Crippen LogP) is 3.84. The maximum absolute atomic E-state index is 5.95. The van der Waals surface area contributed by atoms with Crippen LogP contribution in [0, 0.1) is 0 Å². The number of alkyl halides is 2. The van der Waals surface area contributed by atoms with E-state index < -0.39 is 13.3 Å². The van der Waals surface area contributed by atoms with Crippen LogP contribution in [0.1, 0.15) is 20.8 Å². The molecule has 0 spiro atoms. The summed E-state index contributed by atoms with van der Waals surface area (Å²) in [5, 5.41) is 3.76. The zero-order valence-corrected chi connectivity index (χ0v) is 10.6. The third-order valence-corrected chi connectivity index (χ3v) is 18.2. The topological polar surface area (TPSA) is 0 Å². The minimum absolute atomic E-state index is 0.0278. The van der Waals surface area contributed by atoms with Crippen molar-refractivity contribution < 1.29 is 0 Å². The van der Waals surface area contributed by atoms with Gasteiger partial charge in [0.05, 0.1) is 0 Å². The Labute approximate surface area is 76.6 Å². The molecular formula is C7H16Cl2Ge. The number of rotatable bonds is 4. The van der Waals surface area contributed by atoms with Crippen molar-refractivity contribution in [3.05, 3.63) is 0 Å². The van der Waals surface area contributed by atoms with Gasteiger partial charge >= 0.3 is 76.7 Å². The van der Waals surface area contributed by atoms with Gasteiger partial charge in [0.15, 0.2) is 0 Å². The van der Waals surface area contributed by atoms with Gasteiger partial charge in [-0.15, -0.1) is 0 Å². The summed E-state index contributed by atoms with van der Waals surface area (Å²) >= 11 is 10.1. The van der Waals surface area contributed by atoms with Gasteiger partial charge in [-0.25, -0.2) is 0 Å². The van der Waals surface area contributed by atoms with Gasteiger partial charge in [-0.1, -0.05) is 0 Å². The average molecular weight is 244 g/mol. The Morgan fingerprint density at radius 2 is 1.30 bits per heavy atom. The molecule has 0 heterocycles. The van der Waals surface area contributed by atoms with Gasteiger partial charge in [0.25, 0.3) is 0 Å². The molecule has 0 aliphatic rings. The molecule has 0 radical (unpaired) electrons. The zero-order valence-electron chi connectivity index (χ0n) is 6.95. The van der Waals surface area contributed by atoms with Crippen molar-refractivity contribution in [3.8, 4) is 0 Å². The van der Waals surface area contributed by atoms with Gasteiger partial charge in [0.2, 0.25) is 0 Å². The average Bonchev–Trinajstić information content (AvgIpc) is 1.92. The molecule has 0 amide bonds. The fourth-order valence-corrected chi connectivity index (χ4v) is 11.1. The molecule has 0 nitrogen and oxygen atoms in total. The first-order valence-corrected chi connectivity index (χ1v) is 10.4. The molecule has 0 rings (SSSR count). The summed E-state index contributed by atoms with van der Waals surface area (Å²) in [7, 11) is 0. The van der Waals surface area contributed by atoms with Crippen molar-refractivity contribution in [2.24, 2.45) is 0 Å². The van der Waals surface area contributed by atoms with Gasteiger partial charge in [-0.2, -0.15) is 0 Å². The molecule has 10 heavy (non-hydrogen) atoms. The molecular weight excluding hydrogens is 228 g/mol. The van der Waals surface area contributed by atoms with Crippen LogP contribution in [0.25, 0.3) is 0 Å². The Kier molecular flexibility index (Phi) is 5.44. The molecule has 0 aliphatic heterocycles. The fraction of sp³-hybridized carbons (Fsp3) is 1.00. The molecule has 0 bridgehead atoms. The van der Waals surface area contributed by atoms with Crippen molar-refractivity contribution in [2.45, 2.75) is 40.2 Å². The van der Waals surface area contributed by atoms with Gasteiger partial charge in [0, 0.05) is 0 Å². The summed E-state index contributed by atoms with van der Waals surface area (Å²) in [5.74, 6) is 0. The van der Waals surface area contributed by atoms with Gasteiger partial charge < -0.3 is 0 Å². The van der Waals surface area contributed by atoms with E-state index in [4.69, 9.17) is 23.2 Å². The van der Waals surface area contributed by atoms with E-state index in [-0.39, 0.29) is 3.67 Å². The van der Waals surface area contributed by atoms with Gasteiger partial charge in [-0.05, 0) is 0 Å². The molecule has 0 saturated heterocycles. The summed E-state index contributed by atoms with van der Waals surface area (Å²) in [6, 6.07) is 0. The Hall–Kier alpha value is 1.12. The van der Waals surface area contributed by atoms with E-state index in [9.17, 15) is 0 Å². The molecule has 62 valence electrons. The first-order chi connectivity index (χ1) is 4.63. The van der Waals surface area contributed by atoms with E-state index in [0.717, 1.165) is 0 Å². The minimum atomic E-state index is -1.76. The van der Waals surface area contributed by atoms with Crippen molar-refractivity contribution in [2.75, 3.05) is 0 Å². The molecule has 0 aromatic rings. The van der Waals surface area contributed by atoms with Crippen LogP contribution in [0.2, 0.25) is 15.8 Å². The summed E-state index contributed by atoms with van der Waals surface area (Å²) in [6.07, 6.45) is 0. The monoisotopic (exact) mass is 244 g/mol. The van der Waals surface area contributed by atoms with Crippen molar-refractivity contribution >= 4 is 36.5 Å². The molecule has 0 fully saturated rings. The Balaban J connectivity index is 4.15. The normalized spacial score (nSPS) is 12.6. The second-order valence-electron chi connectivity index (χ2n) is 2.72. The molecule has 0 N–H and O–H groups in total. The fourth-order valence-electron chi connectivity index (χ4n) is 1.21. The summed E-state index contributed by atoms with van der Waals surface area (Å²) in [5.41, 5.74) is 0. The van der Waals surface area contributed by atoms with E-state index in [0.29, 0.717) is 0 Å². The predicted molar refractivity (Wildman–Crippen MR) is 52.7 cm³/mol. The van der Waals surface area contributed by atoms with Crippen LogP contribution >= 0.6 is 23.2 Å². The molecule has 0 aromatic carbocycles. The second-order valence-corrected chi connectivity index (χ2v) is 16.7. The van der Waals surface area contributed by atoms with Crippen LogP contribution < -0.4 is 0 Å². The van der Waals surface area contributed by atoms with Crippen LogP contribution in [-0.2, 0) is 0 Å². The number of hydrogen-bond donors (Lipinski definition) is 0. The van der Waals surface area contributed by atoms with Crippen LogP contribution in [0.15, 0.2) is 0 Å². The first kappa shape index (κ1) is 11.1.